The van der Waals surface area contributed by atoms with Gasteiger partial charge < -0.3 is 9.16 Å². The van der Waals surface area contributed by atoms with E-state index in [4.69, 9.17) is 9.16 Å². The summed E-state index contributed by atoms with van der Waals surface area (Å²) in [4.78, 5) is 0. The fourth-order valence-electron chi connectivity index (χ4n) is 2.88. The Morgan fingerprint density at radius 2 is 1.52 bits per heavy atom. The standard InChI is InChI=1S/C20H26O2Si/c1-17(2)16-21-15-9-14-20(22-23,18-10-5-3-6-11-18)19-12-7-4-8-13-19/h3-8,10-13H,1,9,14-16H2,2,23H3. The van der Waals surface area contributed by atoms with Gasteiger partial charge in [-0.05, 0) is 30.9 Å². The molecule has 0 amide bonds. The van der Waals surface area contributed by atoms with Crippen molar-refractivity contribution in [1.29, 1.82) is 0 Å². The molecule has 0 aromatic heterocycles. The Morgan fingerprint density at radius 1 is 1.00 bits per heavy atom. The summed E-state index contributed by atoms with van der Waals surface area (Å²) in [5.41, 5.74) is 3.10. The number of ether oxygens (including phenoxy) is 1. The molecule has 0 radical (unpaired) electrons. The third kappa shape index (κ3) is 4.64. The number of hydrogen-bond acceptors (Lipinski definition) is 2. The SMILES string of the molecule is C=C(C)COCCCC(O[SiH3])(c1ccccc1)c1ccccc1. The highest BCUT2D eigenvalue weighted by Crippen LogP contribution is 2.37. The van der Waals surface area contributed by atoms with E-state index in [0.717, 1.165) is 25.0 Å². The molecule has 0 unspecified atom stereocenters. The van der Waals surface area contributed by atoms with Crippen molar-refractivity contribution in [1.82, 2.24) is 0 Å². The fourth-order valence-corrected chi connectivity index (χ4v) is 3.55. The quantitative estimate of drug-likeness (QED) is 0.398. The maximum absolute atomic E-state index is 6.20. The van der Waals surface area contributed by atoms with Crippen LogP contribution in [0.1, 0.15) is 30.9 Å². The molecule has 0 spiro atoms. The van der Waals surface area contributed by atoms with E-state index in [2.05, 4.69) is 55.1 Å². The summed E-state index contributed by atoms with van der Waals surface area (Å²) in [6.07, 6.45) is 1.85. The molecule has 0 fully saturated rings. The number of benzene rings is 2. The van der Waals surface area contributed by atoms with E-state index in [-0.39, 0.29) is 5.60 Å². The smallest absolute Gasteiger partial charge is 0.147 e. The molecule has 0 saturated carbocycles. The zero-order valence-electron chi connectivity index (χ0n) is 14.1. The van der Waals surface area contributed by atoms with E-state index >= 15 is 0 Å². The first-order chi connectivity index (χ1) is 11.2. The molecule has 0 N–H and O–H groups in total. The van der Waals surface area contributed by atoms with Crippen LogP contribution in [0.5, 0.6) is 0 Å². The van der Waals surface area contributed by atoms with E-state index in [1.165, 1.54) is 11.1 Å². The zero-order chi connectivity index (χ0) is 16.5. The molecule has 0 heterocycles. The lowest BCUT2D eigenvalue weighted by atomic mass is 9.83. The Hall–Kier alpha value is -1.68. The van der Waals surface area contributed by atoms with Gasteiger partial charge in [0.2, 0.25) is 0 Å². The second-order valence-electron chi connectivity index (χ2n) is 5.88. The first-order valence-electron chi connectivity index (χ1n) is 8.07. The van der Waals surface area contributed by atoms with Crippen LogP contribution in [0.15, 0.2) is 72.8 Å². The molecule has 0 bridgehead atoms. The van der Waals surface area contributed by atoms with Crippen LogP contribution in [-0.4, -0.2) is 23.7 Å². The van der Waals surface area contributed by atoms with Gasteiger partial charge in [-0.2, -0.15) is 0 Å². The van der Waals surface area contributed by atoms with E-state index in [1.54, 1.807) is 0 Å². The predicted molar refractivity (Wildman–Crippen MR) is 99.6 cm³/mol. The van der Waals surface area contributed by atoms with Crippen molar-refractivity contribution < 1.29 is 9.16 Å². The van der Waals surface area contributed by atoms with Crippen molar-refractivity contribution in [3.63, 3.8) is 0 Å². The minimum atomic E-state index is -0.374. The fraction of sp³-hybridized carbons (Fsp3) is 0.300. The van der Waals surface area contributed by atoms with E-state index in [1.807, 2.05) is 19.1 Å². The summed E-state index contributed by atoms with van der Waals surface area (Å²) in [6.45, 7) is 7.21. The van der Waals surface area contributed by atoms with E-state index < -0.39 is 0 Å². The Labute approximate surface area is 142 Å². The monoisotopic (exact) mass is 326 g/mol. The van der Waals surface area contributed by atoms with Crippen molar-refractivity contribution in [3.8, 4) is 0 Å². The van der Waals surface area contributed by atoms with Gasteiger partial charge in [0.05, 0.1) is 6.61 Å². The van der Waals surface area contributed by atoms with Crippen LogP contribution >= 0.6 is 0 Å². The Balaban J connectivity index is 2.19. The van der Waals surface area contributed by atoms with Crippen LogP contribution in [-0.2, 0) is 14.8 Å². The Morgan fingerprint density at radius 3 is 1.96 bits per heavy atom. The van der Waals surface area contributed by atoms with Crippen molar-refractivity contribution >= 4 is 10.5 Å². The molecule has 2 nitrogen and oxygen atoms in total. The van der Waals surface area contributed by atoms with Gasteiger partial charge in [0.1, 0.15) is 16.1 Å². The summed E-state index contributed by atoms with van der Waals surface area (Å²) in [5.74, 6) is 0. The van der Waals surface area contributed by atoms with E-state index in [0.29, 0.717) is 17.1 Å². The van der Waals surface area contributed by atoms with Gasteiger partial charge in [-0.3, -0.25) is 0 Å². The largest absolute Gasteiger partial charge is 0.414 e. The van der Waals surface area contributed by atoms with Crippen molar-refractivity contribution in [2.45, 2.75) is 25.4 Å². The summed E-state index contributed by atoms with van der Waals surface area (Å²) in [6, 6.07) is 21.0. The lowest BCUT2D eigenvalue weighted by molar-refractivity contribution is 0.0868. The average Bonchev–Trinajstić information content (AvgIpc) is 2.60. The molecule has 23 heavy (non-hydrogen) atoms. The van der Waals surface area contributed by atoms with Crippen molar-refractivity contribution in [2.24, 2.45) is 0 Å². The van der Waals surface area contributed by atoms with Gasteiger partial charge in [-0.25, -0.2) is 0 Å². The van der Waals surface area contributed by atoms with Crippen LogP contribution in [0.3, 0.4) is 0 Å². The summed E-state index contributed by atoms with van der Waals surface area (Å²) in [5, 5.41) is 0. The first kappa shape index (κ1) is 17.7. The predicted octanol–water partition coefficient (Wildman–Crippen LogP) is 3.60. The second kappa shape index (κ2) is 8.82. The molecule has 0 saturated heterocycles. The molecule has 122 valence electrons. The molecule has 2 aromatic carbocycles. The van der Waals surface area contributed by atoms with Crippen LogP contribution < -0.4 is 0 Å². The lowest BCUT2D eigenvalue weighted by Gasteiger charge is -2.34. The minimum absolute atomic E-state index is 0.374. The van der Waals surface area contributed by atoms with Crippen LogP contribution in [0.2, 0.25) is 0 Å². The summed E-state index contributed by atoms with van der Waals surface area (Å²) >= 11 is 0. The highest BCUT2D eigenvalue weighted by atomic mass is 28.2. The van der Waals surface area contributed by atoms with Crippen LogP contribution in [0, 0.1) is 0 Å². The number of hydrogen-bond donors (Lipinski definition) is 0. The van der Waals surface area contributed by atoms with Gasteiger partial charge in [0.25, 0.3) is 0 Å². The molecular formula is C20H26O2Si. The second-order valence-corrected chi connectivity index (χ2v) is 6.28. The average molecular weight is 327 g/mol. The molecule has 0 aliphatic heterocycles. The normalized spacial score (nSPS) is 11.5. The van der Waals surface area contributed by atoms with Crippen molar-refractivity contribution in [2.75, 3.05) is 13.2 Å². The van der Waals surface area contributed by atoms with Gasteiger partial charge in [-0.1, -0.05) is 72.8 Å². The summed E-state index contributed by atoms with van der Waals surface area (Å²) < 4.78 is 11.9. The van der Waals surface area contributed by atoms with Gasteiger partial charge in [0, 0.05) is 6.61 Å². The topological polar surface area (TPSA) is 18.5 Å². The highest BCUT2D eigenvalue weighted by Gasteiger charge is 2.32. The lowest BCUT2D eigenvalue weighted by Crippen LogP contribution is -2.31. The molecular weight excluding hydrogens is 300 g/mol. The van der Waals surface area contributed by atoms with Gasteiger partial charge in [-0.15, -0.1) is 0 Å². The molecule has 3 heteroatoms. The first-order valence-corrected chi connectivity index (χ1v) is 8.89. The van der Waals surface area contributed by atoms with Gasteiger partial charge >= 0.3 is 0 Å². The Bertz CT molecular complexity index is 556. The third-order valence-electron chi connectivity index (χ3n) is 3.99. The van der Waals surface area contributed by atoms with Gasteiger partial charge in [0.15, 0.2) is 0 Å². The maximum atomic E-state index is 6.20. The summed E-state index contributed by atoms with van der Waals surface area (Å²) in [7, 11) is 0.677. The van der Waals surface area contributed by atoms with Crippen molar-refractivity contribution in [3.05, 3.63) is 83.9 Å². The zero-order valence-corrected chi connectivity index (χ0v) is 16.1. The molecule has 0 aliphatic carbocycles. The maximum Gasteiger partial charge on any atom is 0.147 e. The highest BCUT2D eigenvalue weighted by molar-refractivity contribution is 5.98. The van der Waals surface area contributed by atoms with Crippen LogP contribution in [0.4, 0.5) is 0 Å². The molecule has 0 atom stereocenters. The molecule has 2 rings (SSSR count). The Kier molecular flexibility index (Phi) is 6.78. The third-order valence-corrected chi connectivity index (χ3v) is 4.69. The van der Waals surface area contributed by atoms with Crippen LogP contribution in [0.25, 0.3) is 0 Å². The van der Waals surface area contributed by atoms with E-state index in [9.17, 15) is 0 Å². The number of rotatable bonds is 9. The molecule has 2 aromatic rings. The molecule has 0 aliphatic rings. The minimum Gasteiger partial charge on any atom is -0.414 e.